The van der Waals surface area contributed by atoms with Crippen LogP contribution in [0.3, 0.4) is 0 Å². The lowest BCUT2D eigenvalue weighted by atomic mass is 9.83. The van der Waals surface area contributed by atoms with E-state index in [0.29, 0.717) is 18.3 Å². The summed E-state index contributed by atoms with van der Waals surface area (Å²) in [6.45, 7) is 12.2. The molecule has 4 nitrogen and oxygen atoms in total. The molecular formula is C15H29NO3. The van der Waals surface area contributed by atoms with Gasteiger partial charge in [-0.1, -0.05) is 41.5 Å². The Balaban J connectivity index is 4.43. The first-order chi connectivity index (χ1) is 8.56. The number of rotatable bonds is 8. The van der Waals surface area contributed by atoms with Gasteiger partial charge in [-0.15, -0.1) is 0 Å². The summed E-state index contributed by atoms with van der Waals surface area (Å²) in [4.78, 5) is 23.2. The number of hydrogen-bond acceptors (Lipinski definition) is 2. The molecule has 19 heavy (non-hydrogen) atoms. The summed E-state index contributed by atoms with van der Waals surface area (Å²) >= 11 is 0. The van der Waals surface area contributed by atoms with Crippen molar-refractivity contribution >= 4 is 11.9 Å². The second kappa shape index (κ2) is 7.51. The first kappa shape index (κ1) is 17.9. The van der Waals surface area contributed by atoms with Crippen LogP contribution in [0.4, 0.5) is 0 Å². The maximum Gasteiger partial charge on any atom is 0.308 e. The van der Waals surface area contributed by atoms with E-state index in [9.17, 15) is 9.59 Å². The highest BCUT2D eigenvalue weighted by atomic mass is 16.4. The zero-order valence-corrected chi connectivity index (χ0v) is 13.1. The van der Waals surface area contributed by atoms with E-state index in [0.717, 1.165) is 6.42 Å². The van der Waals surface area contributed by atoms with Crippen molar-refractivity contribution in [3.8, 4) is 0 Å². The van der Waals surface area contributed by atoms with Crippen LogP contribution in [0.5, 0.6) is 0 Å². The Labute approximate surface area is 117 Å². The maximum absolute atomic E-state index is 12.1. The molecule has 0 saturated carbocycles. The Morgan fingerprint density at radius 3 is 2.00 bits per heavy atom. The van der Waals surface area contributed by atoms with Gasteiger partial charge in [0.05, 0.1) is 5.92 Å². The van der Waals surface area contributed by atoms with Crippen LogP contribution in [0.1, 0.15) is 54.4 Å². The van der Waals surface area contributed by atoms with Crippen LogP contribution in [-0.4, -0.2) is 23.5 Å². The average molecular weight is 271 g/mol. The second-order valence-electron chi connectivity index (χ2n) is 6.86. The van der Waals surface area contributed by atoms with Crippen LogP contribution in [0, 0.1) is 23.2 Å². The van der Waals surface area contributed by atoms with Gasteiger partial charge in [0.15, 0.2) is 0 Å². The van der Waals surface area contributed by atoms with Gasteiger partial charge in [0, 0.05) is 12.0 Å². The first-order valence-electron chi connectivity index (χ1n) is 7.07. The maximum atomic E-state index is 12.1. The number of nitrogens with one attached hydrogen (secondary N) is 1. The largest absolute Gasteiger partial charge is 0.481 e. The molecule has 0 aliphatic rings. The fourth-order valence-electron chi connectivity index (χ4n) is 2.41. The van der Waals surface area contributed by atoms with Crippen LogP contribution in [0.25, 0.3) is 0 Å². The van der Waals surface area contributed by atoms with E-state index in [1.54, 1.807) is 0 Å². The predicted octanol–water partition coefficient (Wildman–Crippen LogP) is 2.92. The smallest absolute Gasteiger partial charge is 0.308 e. The van der Waals surface area contributed by atoms with Gasteiger partial charge >= 0.3 is 5.97 Å². The predicted molar refractivity (Wildman–Crippen MR) is 76.8 cm³/mol. The van der Waals surface area contributed by atoms with Crippen LogP contribution < -0.4 is 5.32 Å². The zero-order chi connectivity index (χ0) is 15.2. The molecule has 0 aliphatic heterocycles. The quantitative estimate of drug-likeness (QED) is 0.713. The lowest BCUT2D eigenvalue weighted by molar-refractivity contribution is -0.142. The third-order valence-corrected chi connectivity index (χ3v) is 3.15. The number of aliphatic carboxylic acids is 1. The molecule has 4 heteroatoms. The van der Waals surface area contributed by atoms with Crippen molar-refractivity contribution in [3.63, 3.8) is 0 Å². The van der Waals surface area contributed by atoms with Crippen molar-refractivity contribution in [1.82, 2.24) is 5.32 Å². The Hall–Kier alpha value is -1.06. The normalized spacial score (nSPS) is 13.7. The van der Waals surface area contributed by atoms with E-state index in [-0.39, 0.29) is 12.5 Å². The molecule has 1 atom stereocenters. The monoisotopic (exact) mass is 271 g/mol. The molecule has 0 aromatic heterocycles. The summed E-state index contributed by atoms with van der Waals surface area (Å²) in [5.74, 6) is -0.654. The number of amides is 1. The van der Waals surface area contributed by atoms with Crippen molar-refractivity contribution in [2.75, 3.05) is 6.54 Å². The highest BCUT2D eigenvalue weighted by Gasteiger charge is 2.29. The number of carbonyl (C=O) groups is 2. The molecule has 0 saturated heterocycles. The lowest BCUT2D eigenvalue weighted by Crippen LogP contribution is -2.41. The summed E-state index contributed by atoms with van der Waals surface area (Å²) in [6, 6.07) is 0. The molecule has 0 aromatic carbocycles. The highest BCUT2D eigenvalue weighted by Crippen LogP contribution is 2.25. The summed E-state index contributed by atoms with van der Waals surface area (Å²) in [7, 11) is 0. The van der Waals surface area contributed by atoms with E-state index in [2.05, 4.69) is 19.2 Å². The van der Waals surface area contributed by atoms with Gasteiger partial charge in [0.25, 0.3) is 0 Å². The van der Waals surface area contributed by atoms with Gasteiger partial charge in [0.2, 0.25) is 5.91 Å². The second-order valence-corrected chi connectivity index (χ2v) is 6.86. The van der Waals surface area contributed by atoms with Crippen molar-refractivity contribution in [3.05, 3.63) is 0 Å². The Bertz CT molecular complexity index is 309. The molecule has 0 fully saturated rings. The fourth-order valence-corrected chi connectivity index (χ4v) is 2.41. The first-order valence-corrected chi connectivity index (χ1v) is 7.07. The van der Waals surface area contributed by atoms with Crippen molar-refractivity contribution in [2.24, 2.45) is 23.2 Å². The van der Waals surface area contributed by atoms with Crippen molar-refractivity contribution in [2.45, 2.75) is 54.4 Å². The van der Waals surface area contributed by atoms with E-state index >= 15 is 0 Å². The van der Waals surface area contributed by atoms with Gasteiger partial charge in [-0.25, -0.2) is 0 Å². The van der Waals surface area contributed by atoms with Gasteiger partial charge in [0.1, 0.15) is 0 Å². The molecule has 0 spiro atoms. The summed E-state index contributed by atoms with van der Waals surface area (Å²) in [6.07, 6.45) is 1.38. The molecule has 0 aromatic rings. The van der Waals surface area contributed by atoms with E-state index in [1.165, 1.54) is 0 Å². The summed E-state index contributed by atoms with van der Waals surface area (Å²) in [5.41, 5.74) is -0.449. The summed E-state index contributed by atoms with van der Waals surface area (Å²) in [5, 5.41) is 11.9. The van der Waals surface area contributed by atoms with Crippen molar-refractivity contribution in [1.29, 1.82) is 0 Å². The molecule has 2 N–H and O–H groups in total. The fraction of sp³-hybridized carbons (Fsp3) is 0.867. The number of carboxylic acids is 1. The van der Waals surface area contributed by atoms with Crippen LogP contribution in [0.2, 0.25) is 0 Å². The number of hydrogen-bond donors (Lipinski definition) is 2. The Morgan fingerprint density at radius 2 is 1.63 bits per heavy atom. The molecule has 0 bridgehead atoms. The number of carboxylic acid groups (broad SMARTS) is 1. The van der Waals surface area contributed by atoms with Gasteiger partial charge in [-0.05, 0) is 24.7 Å². The minimum atomic E-state index is -0.837. The Kier molecular flexibility index (Phi) is 7.09. The SMILES string of the molecule is CC(C)CC(CNC(=O)C(C)(C)CC(C)C)C(=O)O. The van der Waals surface area contributed by atoms with E-state index in [4.69, 9.17) is 5.11 Å². The third-order valence-electron chi connectivity index (χ3n) is 3.15. The minimum Gasteiger partial charge on any atom is -0.481 e. The van der Waals surface area contributed by atoms with E-state index < -0.39 is 17.3 Å². The topological polar surface area (TPSA) is 66.4 Å². The van der Waals surface area contributed by atoms with Crippen LogP contribution in [0.15, 0.2) is 0 Å². The summed E-state index contributed by atoms with van der Waals surface area (Å²) < 4.78 is 0. The van der Waals surface area contributed by atoms with Crippen LogP contribution in [-0.2, 0) is 9.59 Å². The molecule has 1 unspecified atom stereocenters. The lowest BCUT2D eigenvalue weighted by Gasteiger charge is -2.26. The molecule has 0 heterocycles. The van der Waals surface area contributed by atoms with Gasteiger partial charge < -0.3 is 10.4 Å². The number of carbonyl (C=O) groups excluding carboxylic acids is 1. The standard InChI is InChI=1S/C15H29NO3/c1-10(2)7-12(13(17)18)9-16-14(19)15(5,6)8-11(3)4/h10-12H,7-9H2,1-6H3,(H,16,19)(H,17,18). The Morgan fingerprint density at radius 1 is 1.11 bits per heavy atom. The zero-order valence-electron chi connectivity index (χ0n) is 13.1. The average Bonchev–Trinajstić information content (AvgIpc) is 2.20. The minimum absolute atomic E-state index is 0.0591. The molecular weight excluding hydrogens is 242 g/mol. The van der Waals surface area contributed by atoms with E-state index in [1.807, 2.05) is 27.7 Å². The third kappa shape index (κ3) is 7.19. The van der Waals surface area contributed by atoms with Gasteiger partial charge in [-0.3, -0.25) is 9.59 Å². The molecule has 0 aliphatic carbocycles. The molecule has 112 valence electrons. The molecule has 0 rings (SSSR count). The van der Waals surface area contributed by atoms with Gasteiger partial charge in [-0.2, -0.15) is 0 Å². The highest BCUT2D eigenvalue weighted by molar-refractivity contribution is 5.82. The molecule has 0 radical (unpaired) electrons. The van der Waals surface area contributed by atoms with Crippen molar-refractivity contribution < 1.29 is 14.7 Å². The molecule has 1 amide bonds. The van der Waals surface area contributed by atoms with Crippen LogP contribution >= 0.6 is 0 Å².